The van der Waals surface area contributed by atoms with E-state index in [1.165, 1.54) is 24.3 Å². The summed E-state index contributed by atoms with van der Waals surface area (Å²) in [4.78, 5) is 33.6. The lowest BCUT2D eigenvalue weighted by Gasteiger charge is -2.14. The molecule has 1 rings (SSSR count). The van der Waals surface area contributed by atoms with Gasteiger partial charge in [0.25, 0.3) is 5.69 Å². The minimum absolute atomic E-state index is 0.0465. The number of nitrogens with zero attached hydrogens (tertiary/aromatic N) is 1. The number of hydrogen-bond acceptors (Lipinski definition) is 6. The van der Waals surface area contributed by atoms with Crippen LogP contribution in [0.15, 0.2) is 24.3 Å². The van der Waals surface area contributed by atoms with Crippen LogP contribution in [0.3, 0.4) is 0 Å². The summed E-state index contributed by atoms with van der Waals surface area (Å²) >= 11 is 0. The number of nitro groups is 1. The van der Waals surface area contributed by atoms with Gasteiger partial charge in [-0.2, -0.15) is 0 Å². The maximum Gasteiger partial charge on any atom is 0.311 e. The largest absolute Gasteiger partial charge is 0.465 e. The van der Waals surface area contributed by atoms with Crippen molar-refractivity contribution in [1.82, 2.24) is 0 Å². The summed E-state index contributed by atoms with van der Waals surface area (Å²) in [5, 5.41) is 10.7. The van der Waals surface area contributed by atoms with Gasteiger partial charge in [-0.15, -0.1) is 0 Å². The molecular weight excluding hydrogens is 338 g/mol. The standard InChI is InChI=1S/C19H27NO6/c1-3-5-8-15(4-2)14-25-18(21)11-7-12-19(22)26-17-10-6-9-16(13-17)20(23)24/h6,9-10,13,15H,3-5,7-8,11-12,14H2,1-2H3. The molecule has 0 bridgehead atoms. The normalized spacial score (nSPS) is 11.6. The Labute approximate surface area is 153 Å². The van der Waals surface area contributed by atoms with Crippen molar-refractivity contribution in [3.05, 3.63) is 34.4 Å². The van der Waals surface area contributed by atoms with Gasteiger partial charge in [0.15, 0.2) is 0 Å². The molecule has 1 aromatic rings. The number of hydrogen-bond donors (Lipinski definition) is 0. The summed E-state index contributed by atoms with van der Waals surface area (Å²) in [6.07, 6.45) is 4.78. The molecule has 0 amide bonds. The zero-order valence-electron chi connectivity index (χ0n) is 15.4. The fourth-order valence-electron chi connectivity index (χ4n) is 2.40. The van der Waals surface area contributed by atoms with Gasteiger partial charge in [0.2, 0.25) is 0 Å². The molecule has 1 aromatic carbocycles. The third kappa shape index (κ3) is 8.60. The molecule has 0 fully saturated rings. The molecule has 0 aromatic heterocycles. The van der Waals surface area contributed by atoms with E-state index in [0.717, 1.165) is 25.7 Å². The minimum atomic E-state index is -0.558. The zero-order chi connectivity index (χ0) is 19.4. The van der Waals surface area contributed by atoms with Crippen molar-refractivity contribution in [2.75, 3.05) is 6.61 Å². The second kappa shape index (κ2) is 12.0. The fraction of sp³-hybridized carbons (Fsp3) is 0.579. The lowest BCUT2D eigenvalue weighted by atomic mass is 10.0. The molecule has 0 heterocycles. The Kier molecular flexibility index (Phi) is 9.97. The van der Waals surface area contributed by atoms with Crippen molar-refractivity contribution in [3.8, 4) is 5.75 Å². The highest BCUT2D eigenvalue weighted by atomic mass is 16.6. The molecule has 0 saturated carbocycles. The van der Waals surface area contributed by atoms with Crippen LogP contribution in [0.2, 0.25) is 0 Å². The lowest BCUT2D eigenvalue weighted by molar-refractivity contribution is -0.384. The Morgan fingerprint density at radius 1 is 1.15 bits per heavy atom. The van der Waals surface area contributed by atoms with E-state index in [0.29, 0.717) is 18.9 Å². The molecule has 1 atom stereocenters. The van der Waals surface area contributed by atoms with Gasteiger partial charge in [0, 0.05) is 18.9 Å². The number of benzene rings is 1. The summed E-state index contributed by atoms with van der Waals surface area (Å²) in [5.74, 6) is -0.345. The predicted molar refractivity (Wildman–Crippen MR) is 96.8 cm³/mol. The Morgan fingerprint density at radius 2 is 1.88 bits per heavy atom. The summed E-state index contributed by atoms with van der Waals surface area (Å²) in [6, 6.07) is 5.42. The molecule has 7 heteroatoms. The van der Waals surface area contributed by atoms with Crippen LogP contribution in [-0.2, 0) is 14.3 Å². The second-order valence-corrected chi connectivity index (χ2v) is 6.18. The zero-order valence-corrected chi connectivity index (χ0v) is 15.4. The molecule has 0 aliphatic rings. The molecular formula is C19H27NO6. The van der Waals surface area contributed by atoms with Gasteiger partial charge in [-0.05, 0) is 24.8 Å². The lowest BCUT2D eigenvalue weighted by Crippen LogP contribution is -2.14. The highest BCUT2D eigenvalue weighted by Crippen LogP contribution is 2.20. The summed E-state index contributed by atoms with van der Waals surface area (Å²) in [7, 11) is 0. The number of carbonyl (C=O) groups excluding carboxylic acids is 2. The van der Waals surface area contributed by atoms with E-state index in [-0.39, 0.29) is 30.2 Å². The van der Waals surface area contributed by atoms with Gasteiger partial charge >= 0.3 is 11.9 Å². The molecule has 7 nitrogen and oxygen atoms in total. The SMILES string of the molecule is CCCCC(CC)COC(=O)CCCC(=O)Oc1cccc([N+](=O)[O-])c1. The highest BCUT2D eigenvalue weighted by Gasteiger charge is 2.13. The van der Waals surface area contributed by atoms with Crippen LogP contribution in [0, 0.1) is 16.0 Å². The van der Waals surface area contributed by atoms with Gasteiger partial charge in [-0.1, -0.05) is 39.2 Å². The molecule has 0 spiro atoms. The van der Waals surface area contributed by atoms with E-state index in [2.05, 4.69) is 13.8 Å². The van der Waals surface area contributed by atoms with Crippen molar-refractivity contribution in [2.45, 2.75) is 58.8 Å². The van der Waals surface area contributed by atoms with Crippen LogP contribution in [0.5, 0.6) is 5.75 Å². The van der Waals surface area contributed by atoms with Gasteiger partial charge in [0.1, 0.15) is 5.75 Å². The van der Waals surface area contributed by atoms with Crippen molar-refractivity contribution < 1.29 is 24.0 Å². The first-order valence-electron chi connectivity index (χ1n) is 9.07. The van der Waals surface area contributed by atoms with Crippen LogP contribution in [-0.4, -0.2) is 23.5 Å². The minimum Gasteiger partial charge on any atom is -0.465 e. The quantitative estimate of drug-likeness (QED) is 0.235. The van der Waals surface area contributed by atoms with E-state index in [1.54, 1.807) is 0 Å². The van der Waals surface area contributed by atoms with Crippen molar-refractivity contribution in [2.24, 2.45) is 5.92 Å². The van der Waals surface area contributed by atoms with Crippen LogP contribution < -0.4 is 4.74 Å². The average Bonchev–Trinajstić information content (AvgIpc) is 2.62. The fourth-order valence-corrected chi connectivity index (χ4v) is 2.40. The smallest absolute Gasteiger partial charge is 0.311 e. The Balaban J connectivity index is 2.27. The number of esters is 2. The van der Waals surface area contributed by atoms with Gasteiger partial charge < -0.3 is 9.47 Å². The first-order chi connectivity index (χ1) is 12.5. The number of non-ortho nitro benzene ring substituents is 1. The Bertz CT molecular complexity index is 601. The number of rotatable bonds is 12. The van der Waals surface area contributed by atoms with Crippen LogP contribution in [0.4, 0.5) is 5.69 Å². The molecule has 1 unspecified atom stereocenters. The van der Waals surface area contributed by atoms with Crippen molar-refractivity contribution in [3.63, 3.8) is 0 Å². The molecule has 0 aliphatic carbocycles. The van der Waals surface area contributed by atoms with Gasteiger partial charge in [-0.3, -0.25) is 19.7 Å². The maximum atomic E-state index is 11.8. The van der Waals surface area contributed by atoms with E-state index >= 15 is 0 Å². The van der Waals surface area contributed by atoms with Crippen LogP contribution in [0.1, 0.15) is 58.8 Å². The number of unbranched alkanes of at least 4 members (excludes halogenated alkanes) is 1. The van der Waals surface area contributed by atoms with E-state index < -0.39 is 10.9 Å². The van der Waals surface area contributed by atoms with Gasteiger partial charge in [0.05, 0.1) is 17.6 Å². The summed E-state index contributed by atoms with van der Waals surface area (Å²) in [5.41, 5.74) is -0.146. The van der Waals surface area contributed by atoms with E-state index in [1.807, 2.05) is 0 Å². The molecule has 0 radical (unpaired) electrons. The van der Waals surface area contributed by atoms with Crippen molar-refractivity contribution in [1.29, 1.82) is 0 Å². The highest BCUT2D eigenvalue weighted by molar-refractivity contribution is 5.74. The molecule has 0 saturated heterocycles. The Morgan fingerprint density at radius 3 is 2.54 bits per heavy atom. The topological polar surface area (TPSA) is 95.7 Å². The summed E-state index contributed by atoms with van der Waals surface area (Å²) < 4.78 is 10.3. The third-order valence-electron chi connectivity index (χ3n) is 4.05. The molecule has 0 aliphatic heterocycles. The molecule has 26 heavy (non-hydrogen) atoms. The first-order valence-corrected chi connectivity index (χ1v) is 9.07. The number of carbonyl (C=O) groups is 2. The average molecular weight is 365 g/mol. The number of nitro benzene ring substituents is 1. The molecule has 144 valence electrons. The number of ether oxygens (including phenoxy) is 2. The van der Waals surface area contributed by atoms with E-state index in [4.69, 9.17) is 9.47 Å². The Hall–Kier alpha value is -2.44. The second-order valence-electron chi connectivity index (χ2n) is 6.18. The summed E-state index contributed by atoms with van der Waals surface area (Å²) in [6.45, 7) is 4.64. The van der Waals surface area contributed by atoms with E-state index in [9.17, 15) is 19.7 Å². The monoisotopic (exact) mass is 365 g/mol. The predicted octanol–water partition coefficient (Wildman–Crippen LogP) is 4.43. The maximum absolute atomic E-state index is 11.8. The first kappa shape index (κ1) is 21.6. The third-order valence-corrected chi connectivity index (χ3v) is 4.05. The van der Waals surface area contributed by atoms with Crippen LogP contribution in [0.25, 0.3) is 0 Å². The van der Waals surface area contributed by atoms with Crippen molar-refractivity contribution >= 4 is 17.6 Å². The van der Waals surface area contributed by atoms with Crippen LogP contribution >= 0.6 is 0 Å². The van der Waals surface area contributed by atoms with Gasteiger partial charge in [-0.25, -0.2) is 0 Å². The molecule has 0 N–H and O–H groups in total.